The number of aliphatic imine (C=N–C) groups is 1. The van der Waals surface area contributed by atoms with Crippen molar-refractivity contribution < 1.29 is 19.1 Å². The fraction of sp³-hybridized carbons (Fsp3) is 0.810. The molecule has 35 heavy (non-hydrogen) atoms. The number of nitrogens with two attached hydrogens (primary N) is 4. The highest BCUT2D eigenvalue weighted by atomic mass is 35.5. The molecule has 0 saturated heterocycles. The van der Waals surface area contributed by atoms with E-state index in [1.807, 2.05) is 0 Å². The van der Waals surface area contributed by atoms with E-state index >= 15 is 0 Å². The molecule has 0 saturated carbocycles. The van der Waals surface area contributed by atoms with Crippen LogP contribution in [0.25, 0.3) is 0 Å². The SMILES string of the molecule is C.CC(C)(NC(=O)CCl)C(=O)NCCN.CC1(C)N=C(CCl)OC1=O.NCCN(CCN)CCN. The number of rotatable bonds is 12. The predicted octanol–water partition coefficient (Wildman–Crippen LogP) is -1.05. The zero-order chi connectivity index (χ0) is 26.8. The number of alkyl halides is 2. The lowest BCUT2D eigenvalue weighted by Crippen LogP contribution is -2.55. The van der Waals surface area contributed by atoms with Crippen molar-refractivity contribution in [1.29, 1.82) is 0 Å². The number of amides is 2. The quantitative estimate of drug-likeness (QED) is 0.131. The number of hydrogen-bond acceptors (Lipinski definition) is 10. The Hall–Kier alpha value is -1.54. The second-order valence-electron chi connectivity index (χ2n) is 8.15. The van der Waals surface area contributed by atoms with Crippen molar-refractivity contribution in [3.63, 3.8) is 0 Å². The molecule has 0 fully saturated rings. The number of ether oxygens (including phenoxy) is 1. The van der Waals surface area contributed by atoms with Crippen molar-refractivity contribution in [2.75, 3.05) is 64.1 Å². The van der Waals surface area contributed by atoms with Crippen molar-refractivity contribution in [2.24, 2.45) is 27.9 Å². The Morgan fingerprint density at radius 3 is 1.80 bits per heavy atom. The first-order valence-corrected chi connectivity index (χ1v) is 12.0. The van der Waals surface area contributed by atoms with Crippen molar-refractivity contribution in [1.82, 2.24) is 15.5 Å². The van der Waals surface area contributed by atoms with E-state index in [0.717, 1.165) is 19.6 Å². The molecule has 10 N–H and O–H groups in total. The van der Waals surface area contributed by atoms with Crippen LogP contribution in [0.1, 0.15) is 35.1 Å². The summed E-state index contributed by atoms with van der Waals surface area (Å²) in [5.74, 6) is -0.663. The highest BCUT2D eigenvalue weighted by Gasteiger charge is 2.36. The number of cyclic esters (lactones) is 1. The van der Waals surface area contributed by atoms with Gasteiger partial charge in [-0.3, -0.25) is 14.5 Å². The van der Waals surface area contributed by atoms with E-state index in [4.69, 9.17) is 50.9 Å². The molecule has 1 heterocycles. The van der Waals surface area contributed by atoms with Gasteiger partial charge in [0.1, 0.15) is 11.4 Å². The van der Waals surface area contributed by atoms with Crippen LogP contribution in [0.4, 0.5) is 0 Å². The maximum absolute atomic E-state index is 11.5. The van der Waals surface area contributed by atoms with Crippen molar-refractivity contribution >= 4 is 46.9 Å². The summed E-state index contributed by atoms with van der Waals surface area (Å²) in [6, 6.07) is 0. The van der Waals surface area contributed by atoms with E-state index < -0.39 is 11.1 Å². The molecule has 208 valence electrons. The summed E-state index contributed by atoms with van der Waals surface area (Å²) in [4.78, 5) is 39.4. The van der Waals surface area contributed by atoms with Gasteiger partial charge in [0.05, 0.1) is 5.88 Å². The first-order chi connectivity index (χ1) is 15.8. The molecule has 0 unspecified atom stereocenters. The van der Waals surface area contributed by atoms with E-state index in [2.05, 4.69) is 20.5 Å². The Labute approximate surface area is 219 Å². The molecular weight excluding hydrogens is 499 g/mol. The smallest absolute Gasteiger partial charge is 0.340 e. The fourth-order valence-electron chi connectivity index (χ4n) is 2.40. The highest BCUT2D eigenvalue weighted by molar-refractivity contribution is 6.29. The highest BCUT2D eigenvalue weighted by Crippen LogP contribution is 2.18. The van der Waals surface area contributed by atoms with E-state index in [1.54, 1.807) is 27.7 Å². The first-order valence-electron chi connectivity index (χ1n) is 10.9. The van der Waals surface area contributed by atoms with Gasteiger partial charge in [-0.25, -0.2) is 9.79 Å². The average Bonchev–Trinajstić information content (AvgIpc) is 3.04. The molecule has 0 aromatic carbocycles. The van der Waals surface area contributed by atoms with Gasteiger partial charge in [-0.2, -0.15) is 0 Å². The third kappa shape index (κ3) is 17.5. The Kier molecular flexibility index (Phi) is 22.4. The van der Waals surface area contributed by atoms with Gasteiger partial charge in [0, 0.05) is 52.4 Å². The maximum atomic E-state index is 11.5. The zero-order valence-corrected chi connectivity index (χ0v) is 22.2. The summed E-state index contributed by atoms with van der Waals surface area (Å²) in [5.41, 5.74) is 19.6. The minimum Gasteiger partial charge on any atom is -0.409 e. The Morgan fingerprint density at radius 2 is 1.51 bits per heavy atom. The Morgan fingerprint density at radius 1 is 1.03 bits per heavy atom. The minimum atomic E-state index is -0.957. The fourth-order valence-corrected chi connectivity index (χ4v) is 2.58. The van der Waals surface area contributed by atoms with Crippen LogP contribution in [0.5, 0.6) is 0 Å². The lowest BCUT2D eigenvalue weighted by molar-refractivity contribution is -0.137. The van der Waals surface area contributed by atoms with Gasteiger partial charge in [0.25, 0.3) is 0 Å². The van der Waals surface area contributed by atoms with Gasteiger partial charge in [0.2, 0.25) is 17.7 Å². The predicted molar refractivity (Wildman–Crippen MR) is 144 cm³/mol. The zero-order valence-electron chi connectivity index (χ0n) is 20.7. The van der Waals surface area contributed by atoms with Gasteiger partial charge in [-0.1, -0.05) is 7.43 Å². The largest absolute Gasteiger partial charge is 0.409 e. The summed E-state index contributed by atoms with van der Waals surface area (Å²) >= 11 is 10.7. The van der Waals surface area contributed by atoms with Crippen LogP contribution in [-0.4, -0.2) is 104 Å². The second kappa shape index (κ2) is 20.6. The molecule has 0 spiro atoms. The van der Waals surface area contributed by atoms with Crippen molar-refractivity contribution in [3.8, 4) is 0 Å². The second-order valence-corrected chi connectivity index (χ2v) is 8.68. The van der Waals surface area contributed by atoms with Gasteiger partial charge in [-0.15, -0.1) is 23.2 Å². The number of carbonyl (C=O) groups is 3. The first kappa shape index (κ1) is 38.0. The number of hydrogen-bond donors (Lipinski definition) is 6. The summed E-state index contributed by atoms with van der Waals surface area (Å²) in [6.07, 6.45) is 0. The van der Waals surface area contributed by atoms with E-state index in [9.17, 15) is 14.4 Å². The number of nitrogens with zero attached hydrogens (tertiary/aromatic N) is 2. The van der Waals surface area contributed by atoms with E-state index in [-0.39, 0.29) is 37.0 Å². The number of nitrogens with one attached hydrogen (secondary N) is 2. The molecule has 0 atom stereocenters. The lowest BCUT2D eigenvalue weighted by atomic mass is 10.0. The molecule has 2 amide bonds. The Balaban J connectivity index is -0.000000441. The molecule has 14 heteroatoms. The number of halogens is 2. The minimum absolute atomic E-state index is 0. The summed E-state index contributed by atoms with van der Waals surface area (Å²) in [6.45, 7) is 12.1. The third-order valence-corrected chi connectivity index (χ3v) is 4.61. The van der Waals surface area contributed by atoms with Crippen LogP contribution in [0.15, 0.2) is 4.99 Å². The number of esters is 1. The van der Waals surface area contributed by atoms with Crippen molar-refractivity contribution in [3.05, 3.63) is 0 Å². The van der Waals surface area contributed by atoms with Crippen LogP contribution < -0.4 is 33.6 Å². The Bertz CT molecular complexity index is 635. The molecule has 0 bridgehead atoms. The summed E-state index contributed by atoms with van der Waals surface area (Å²) < 4.78 is 4.70. The molecular formula is C21H46Cl2N8O4. The van der Waals surface area contributed by atoms with Gasteiger partial charge in [-0.05, 0) is 27.7 Å². The normalized spacial score (nSPS) is 13.8. The molecule has 0 aromatic rings. The van der Waals surface area contributed by atoms with Gasteiger partial charge >= 0.3 is 5.97 Å². The van der Waals surface area contributed by atoms with Crippen LogP contribution in [0.3, 0.4) is 0 Å². The molecule has 0 aliphatic carbocycles. The van der Waals surface area contributed by atoms with Gasteiger partial charge < -0.3 is 38.3 Å². The van der Waals surface area contributed by atoms with Crippen LogP contribution in [0.2, 0.25) is 0 Å². The van der Waals surface area contributed by atoms with Crippen LogP contribution >= 0.6 is 23.2 Å². The lowest BCUT2D eigenvalue weighted by Gasteiger charge is -2.24. The van der Waals surface area contributed by atoms with E-state index in [1.165, 1.54) is 0 Å². The number of carbonyl (C=O) groups excluding carboxylic acids is 3. The van der Waals surface area contributed by atoms with E-state index in [0.29, 0.717) is 38.6 Å². The van der Waals surface area contributed by atoms with Crippen molar-refractivity contribution in [2.45, 2.75) is 46.2 Å². The molecule has 0 aromatic heterocycles. The van der Waals surface area contributed by atoms with Gasteiger partial charge in [0.15, 0.2) is 5.54 Å². The summed E-state index contributed by atoms with van der Waals surface area (Å²) in [5, 5.41) is 5.07. The molecule has 1 rings (SSSR count). The standard InChI is InChI=1S/C8H16ClN3O2.C6H8ClNO2.C6H18N4.CH4/c1-8(2,12-6(13)5-9)7(14)11-4-3-10;1-6(2)5(9)10-4(3-7)8-6;7-1-4-10(5-2-8)6-3-9;/h3-5,10H2,1-2H3,(H,11,14)(H,12,13);3H2,1-2H3;1-9H2;1H4. The third-order valence-electron chi connectivity index (χ3n) is 4.14. The summed E-state index contributed by atoms with van der Waals surface area (Å²) in [7, 11) is 0. The molecule has 1 aliphatic rings. The topological polar surface area (TPSA) is 204 Å². The maximum Gasteiger partial charge on any atom is 0.340 e. The van der Waals surface area contributed by atoms with Crippen LogP contribution in [-0.2, 0) is 19.1 Å². The molecule has 1 aliphatic heterocycles. The molecule has 12 nitrogen and oxygen atoms in total. The average molecular weight is 546 g/mol. The monoisotopic (exact) mass is 544 g/mol. The van der Waals surface area contributed by atoms with Crippen LogP contribution in [0, 0.1) is 0 Å². The molecule has 0 radical (unpaired) electrons.